The normalized spacial score (nSPS) is 19.9. The van der Waals surface area contributed by atoms with Gasteiger partial charge in [-0.05, 0) is 40.8 Å². The maximum atomic E-state index is 12.5. The summed E-state index contributed by atoms with van der Waals surface area (Å²) in [7, 11) is 0. The van der Waals surface area contributed by atoms with E-state index in [1.54, 1.807) is 4.90 Å². The number of amides is 1. The molecule has 98 valence electrons. The topological polar surface area (TPSA) is 49.8 Å². The van der Waals surface area contributed by atoms with Crippen LogP contribution in [0.4, 0.5) is 0 Å². The molecular formula is C12H13BrINO3. The maximum Gasteiger partial charge on any atom is 0.255 e. The van der Waals surface area contributed by atoms with Crippen LogP contribution in [0.5, 0.6) is 0 Å². The second-order valence-corrected chi connectivity index (χ2v) is 6.11. The summed E-state index contributed by atoms with van der Waals surface area (Å²) >= 11 is 5.52. The van der Waals surface area contributed by atoms with Crippen LogP contribution < -0.4 is 0 Å². The molecule has 18 heavy (non-hydrogen) atoms. The van der Waals surface area contributed by atoms with Crippen LogP contribution in [0.15, 0.2) is 22.7 Å². The first kappa shape index (κ1) is 14.2. The highest BCUT2D eigenvalue weighted by Crippen LogP contribution is 2.21. The molecule has 0 aromatic heterocycles. The Morgan fingerprint density at radius 3 is 3.11 bits per heavy atom. The number of carbonyl (C=O) groups is 1. The summed E-state index contributed by atoms with van der Waals surface area (Å²) < 4.78 is 7.06. The number of rotatable bonds is 2. The number of hydrogen-bond acceptors (Lipinski definition) is 3. The maximum absolute atomic E-state index is 12.5. The SMILES string of the molecule is O=C(c1cc(Br)ccc1I)N1CCOCC1CO. The summed E-state index contributed by atoms with van der Waals surface area (Å²) in [5.74, 6) is -0.0527. The number of ether oxygens (including phenoxy) is 1. The van der Waals surface area contributed by atoms with E-state index in [-0.39, 0.29) is 18.6 Å². The molecule has 1 heterocycles. The van der Waals surface area contributed by atoms with Gasteiger partial charge >= 0.3 is 0 Å². The van der Waals surface area contributed by atoms with Crippen LogP contribution in [0.2, 0.25) is 0 Å². The summed E-state index contributed by atoms with van der Waals surface area (Å²) in [6.45, 7) is 1.36. The van der Waals surface area contributed by atoms with Gasteiger partial charge in [0.2, 0.25) is 0 Å². The van der Waals surface area contributed by atoms with Crippen LogP contribution in [0.1, 0.15) is 10.4 Å². The molecule has 1 aromatic rings. The van der Waals surface area contributed by atoms with E-state index in [9.17, 15) is 9.90 Å². The highest BCUT2D eigenvalue weighted by atomic mass is 127. The summed E-state index contributed by atoms with van der Waals surface area (Å²) in [4.78, 5) is 14.2. The molecule has 2 rings (SSSR count). The van der Waals surface area contributed by atoms with Crippen molar-refractivity contribution in [3.05, 3.63) is 31.8 Å². The molecule has 0 bridgehead atoms. The summed E-state index contributed by atoms with van der Waals surface area (Å²) in [5, 5.41) is 9.30. The van der Waals surface area contributed by atoms with Gasteiger partial charge in [0.15, 0.2) is 0 Å². The van der Waals surface area contributed by atoms with Gasteiger partial charge in [-0.25, -0.2) is 0 Å². The van der Waals surface area contributed by atoms with E-state index in [0.29, 0.717) is 25.3 Å². The molecule has 1 aromatic carbocycles. The molecule has 1 aliphatic rings. The lowest BCUT2D eigenvalue weighted by Crippen LogP contribution is -2.50. The van der Waals surface area contributed by atoms with Crippen LogP contribution in [0, 0.1) is 3.57 Å². The van der Waals surface area contributed by atoms with Crippen molar-refractivity contribution in [2.24, 2.45) is 0 Å². The van der Waals surface area contributed by atoms with E-state index in [2.05, 4.69) is 38.5 Å². The van der Waals surface area contributed by atoms with Crippen molar-refractivity contribution < 1.29 is 14.6 Å². The average Bonchev–Trinajstić information content (AvgIpc) is 2.40. The van der Waals surface area contributed by atoms with Gasteiger partial charge in [0.1, 0.15) is 0 Å². The standard InChI is InChI=1S/C12H13BrINO3/c13-8-1-2-11(14)10(5-8)12(17)15-3-4-18-7-9(15)6-16/h1-2,5,9,16H,3-4,6-7H2. The van der Waals surface area contributed by atoms with Crippen molar-refractivity contribution in [3.8, 4) is 0 Å². The lowest BCUT2D eigenvalue weighted by atomic mass is 10.1. The number of aliphatic hydroxyl groups is 1. The zero-order valence-corrected chi connectivity index (χ0v) is 13.3. The molecule has 0 saturated carbocycles. The molecular weight excluding hydrogens is 413 g/mol. The van der Waals surface area contributed by atoms with Gasteiger partial charge in [-0.3, -0.25) is 4.79 Å². The largest absolute Gasteiger partial charge is 0.394 e. The molecule has 0 spiro atoms. The van der Waals surface area contributed by atoms with Crippen molar-refractivity contribution in [2.45, 2.75) is 6.04 Å². The first-order valence-electron chi connectivity index (χ1n) is 5.58. The Hall–Kier alpha value is -0.180. The predicted molar refractivity (Wildman–Crippen MR) is 79.6 cm³/mol. The third kappa shape index (κ3) is 3.04. The summed E-state index contributed by atoms with van der Waals surface area (Å²) in [5.41, 5.74) is 0.658. The Labute approximate surface area is 128 Å². The second kappa shape index (κ2) is 6.31. The van der Waals surface area contributed by atoms with Crippen LogP contribution in [0.3, 0.4) is 0 Å². The van der Waals surface area contributed by atoms with Crippen molar-refractivity contribution >= 4 is 44.4 Å². The molecule has 1 fully saturated rings. The fraction of sp³-hybridized carbons (Fsp3) is 0.417. The highest BCUT2D eigenvalue weighted by molar-refractivity contribution is 14.1. The van der Waals surface area contributed by atoms with Gasteiger partial charge in [-0.15, -0.1) is 0 Å². The molecule has 0 aliphatic carbocycles. The van der Waals surface area contributed by atoms with E-state index in [1.807, 2.05) is 18.2 Å². The smallest absolute Gasteiger partial charge is 0.255 e. The average molecular weight is 426 g/mol. The molecule has 1 amide bonds. The molecule has 4 nitrogen and oxygen atoms in total. The Bertz CT molecular complexity index is 455. The lowest BCUT2D eigenvalue weighted by molar-refractivity contribution is -0.0184. The first-order chi connectivity index (χ1) is 8.63. The van der Waals surface area contributed by atoms with Crippen molar-refractivity contribution in [3.63, 3.8) is 0 Å². The van der Waals surface area contributed by atoms with Crippen molar-refractivity contribution in [2.75, 3.05) is 26.4 Å². The minimum absolute atomic E-state index is 0.0527. The van der Waals surface area contributed by atoms with Crippen molar-refractivity contribution in [1.82, 2.24) is 4.90 Å². The number of carbonyl (C=O) groups excluding carboxylic acids is 1. The Kier molecular flexibility index (Phi) is 4.99. The van der Waals surface area contributed by atoms with E-state index < -0.39 is 0 Å². The molecule has 1 atom stereocenters. The van der Waals surface area contributed by atoms with Crippen LogP contribution in [0.25, 0.3) is 0 Å². The number of aliphatic hydroxyl groups excluding tert-OH is 1. The summed E-state index contributed by atoms with van der Waals surface area (Å²) in [6.07, 6.45) is 0. The third-order valence-electron chi connectivity index (χ3n) is 2.86. The number of morpholine rings is 1. The van der Waals surface area contributed by atoms with Crippen LogP contribution in [-0.4, -0.2) is 48.3 Å². The third-order valence-corrected chi connectivity index (χ3v) is 4.29. The van der Waals surface area contributed by atoms with Crippen LogP contribution >= 0.6 is 38.5 Å². The lowest BCUT2D eigenvalue weighted by Gasteiger charge is -2.34. The van der Waals surface area contributed by atoms with Gasteiger partial charge in [0, 0.05) is 14.6 Å². The number of nitrogens with zero attached hydrogens (tertiary/aromatic N) is 1. The number of halogens is 2. The monoisotopic (exact) mass is 425 g/mol. The number of hydrogen-bond donors (Lipinski definition) is 1. The Morgan fingerprint density at radius 2 is 2.39 bits per heavy atom. The quantitative estimate of drug-likeness (QED) is 0.736. The van der Waals surface area contributed by atoms with E-state index in [4.69, 9.17) is 4.74 Å². The zero-order valence-electron chi connectivity index (χ0n) is 9.60. The van der Waals surface area contributed by atoms with Gasteiger partial charge in [-0.2, -0.15) is 0 Å². The minimum Gasteiger partial charge on any atom is -0.394 e. The van der Waals surface area contributed by atoms with Crippen molar-refractivity contribution in [1.29, 1.82) is 0 Å². The first-order valence-corrected chi connectivity index (χ1v) is 7.45. The Morgan fingerprint density at radius 1 is 1.61 bits per heavy atom. The summed E-state index contributed by atoms with van der Waals surface area (Å²) in [6, 6.07) is 5.36. The second-order valence-electron chi connectivity index (χ2n) is 4.03. The zero-order chi connectivity index (χ0) is 13.1. The van der Waals surface area contributed by atoms with Crippen LogP contribution in [-0.2, 0) is 4.74 Å². The van der Waals surface area contributed by atoms with Gasteiger partial charge < -0.3 is 14.7 Å². The van der Waals surface area contributed by atoms with E-state index >= 15 is 0 Å². The van der Waals surface area contributed by atoms with E-state index in [1.165, 1.54) is 0 Å². The van der Waals surface area contributed by atoms with Gasteiger partial charge in [0.05, 0.1) is 31.4 Å². The molecule has 1 N–H and O–H groups in total. The molecule has 1 saturated heterocycles. The van der Waals surface area contributed by atoms with E-state index in [0.717, 1.165) is 8.04 Å². The van der Waals surface area contributed by atoms with Gasteiger partial charge in [-0.1, -0.05) is 15.9 Å². The van der Waals surface area contributed by atoms with Gasteiger partial charge in [0.25, 0.3) is 5.91 Å². The fourth-order valence-corrected chi connectivity index (χ4v) is 2.82. The fourth-order valence-electron chi connectivity index (χ4n) is 1.89. The number of benzene rings is 1. The molecule has 1 aliphatic heterocycles. The molecule has 0 radical (unpaired) electrons. The minimum atomic E-state index is -0.249. The predicted octanol–water partition coefficient (Wildman–Crippen LogP) is 1.89. The molecule has 6 heteroatoms. The molecule has 1 unspecified atom stereocenters. The Balaban J connectivity index is 2.26. The highest BCUT2D eigenvalue weighted by Gasteiger charge is 2.28.